The summed E-state index contributed by atoms with van der Waals surface area (Å²) in [7, 11) is 1.77. The predicted octanol–water partition coefficient (Wildman–Crippen LogP) is 2.23. The number of hydrogen-bond acceptors (Lipinski definition) is 7. The monoisotopic (exact) mass is 443 g/mol. The van der Waals surface area contributed by atoms with Crippen molar-refractivity contribution in [2.45, 2.75) is 44.9 Å². The zero-order valence-electron chi connectivity index (χ0n) is 17.7. The standard InChI is InChI=1S/C20H23F2N9O/c1-11-7-12(32)4-6-30(11)15-8-14(20-23-10-25-29(20)2)26-18-17(13-3-5-24-27-13)28-31(19(15)18)9-16(21)22/h3,5,8,10-12,16,32H,4,6-7,9H2,1-2H3,(H,24,27). The Morgan fingerprint density at radius 2 is 2.19 bits per heavy atom. The van der Waals surface area contributed by atoms with Gasteiger partial charge in [0.15, 0.2) is 5.82 Å². The maximum Gasteiger partial charge on any atom is 0.257 e. The highest BCUT2D eigenvalue weighted by atomic mass is 19.3. The van der Waals surface area contributed by atoms with Gasteiger partial charge in [0.1, 0.15) is 35.3 Å². The van der Waals surface area contributed by atoms with E-state index in [4.69, 9.17) is 4.98 Å². The summed E-state index contributed by atoms with van der Waals surface area (Å²) < 4.78 is 29.9. The van der Waals surface area contributed by atoms with Crippen LogP contribution in [-0.4, -0.2) is 69.9 Å². The van der Waals surface area contributed by atoms with Gasteiger partial charge in [-0.1, -0.05) is 0 Å². The lowest BCUT2D eigenvalue weighted by Gasteiger charge is -2.38. The molecule has 0 amide bonds. The molecule has 0 radical (unpaired) electrons. The van der Waals surface area contributed by atoms with E-state index in [-0.39, 0.29) is 12.1 Å². The predicted molar refractivity (Wildman–Crippen MR) is 113 cm³/mol. The Kier molecular flexibility index (Phi) is 5.08. The summed E-state index contributed by atoms with van der Waals surface area (Å²) in [5.74, 6) is 0.551. The second-order valence-corrected chi connectivity index (χ2v) is 8.04. The van der Waals surface area contributed by atoms with Crippen LogP contribution in [0.25, 0.3) is 33.9 Å². The summed E-state index contributed by atoms with van der Waals surface area (Å²) in [5.41, 5.74) is 3.30. The number of H-pyrrole nitrogens is 1. The molecule has 5 heterocycles. The number of aliphatic hydroxyl groups excluding tert-OH is 1. The van der Waals surface area contributed by atoms with Gasteiger partial charge in [-0.3, -0.25) is 9.78 Å². The van der Waals surface area contributed by atoms with Crippen LogP contribution in [0.2, 0.25) is 0 Å². The van der Waals surface area contributed by atoms with E-state index in [0.717, 1.165) is 5.69 Å². The van der Waals surface area contributed by atoms with Crippen molar-refractivity contribution in [3.05, 3.63) is 24.7 Å². The lowest BCUT2D eigenvalue weighted by Crippen LogP contribution is -2.43. The van der Waals surface area contributed by atoms with Gasteiger partial charge in [-0.25, -0.2) is 23.4 Å². The number of fused-ring (bicyclic) bond motifs is 1. The zero-order valence-corrected chi connectivity index (χ0v) is 17.7. The summed E-state index contributed by atoms with van der Waals surface area (Å²) in [6, 6.07) is 3.58. The first-order chi connectivity index (χ1) is 15.4. The Hall–Kier alpha value is -3.41. The molecule has 1 fully saturated rings. The van der Waals surface area contributed by atoms with Crippen LogP contribution < -0.4 is 4.90 Å². The lowest BCUT2D eigenvalue weighted by molar-refractivity contribution is 0.123. The Balaban J connectivity index is 1.80. The maximum absolute atomic E-state index is 13.5. The number of alkyl halides is 2. The topological polar surface area (TPSA) is 114 Å². The third-order valence-electron chi connectivity index (χ3n) is 5.84. The van der Waals surface area contributed by atoms with Crippen molar-refractivity contribution in [1.29, 1.82) is 0 Å². The number of rotatable bonds is 5. The molecule has 1 aliphatic heterocycles. The molecule has 32 heavy (non-hydrogen) atoms. The van der Waals surface area contributed by atoms with E-state index in [9.17, 15) is 13.9 Å². The summed E-state index contributed by atoms with van der Waals surface area (Å²) in [6.45, 7) is 2.03. The minimum absolute atomic E-state index is 0.00204. The van der Waals surface area contributed by atoms with Crippen molar-refractivity contribution in [3.8, 4) is 22.9 Å². The van der Waals surface area contributed by atoms with Crippen LogP contribution in [0.1, 0.15) is 19.8 Å². The van der Waals surface area contributed by atoms with Crippen LogP contribution in [0.4, 0.5) is 14.5 Å². The lowest BCUT2D eigenvalue weighted by atomic mass is 9.99. The second kappa shape index (κ2) is 7.93. The Bertz CT molecular complexity index is 1230. The summed E-state index contributed by atoms with van der Waals surface area (Å²) >= 11 is 0. The van der Waals surface area contributed by atoms with Crippen LogP contribution in [0.5, 0.6) is 0 Å². The number of aryl methyl sites for hydroxylation is 1. The zero-order chi connectivity index (χ0) is 22.4. The molecule has 0 bridgehead atoms. The van der Waals surface area contributed by atoms with Gasteiger partial charge < -0.3 is 10.0 Å². The number of aliphatic hydroxyl groups is 1. The number of hydrogen-bond donors (Lipinski definition) is 2. The van der Waals surface area contributed by atoms with Crippen molar-refractivity contribution in [3.63, 3.8) is 0 Å². The fraction of sp³-hybridized carbons (Fsp3) is 0.450. The smallest absolute Gasteiger partial charge is 0.257 e. The average molecular weight is 443 g/mol. The van der Waals surface area contributed by atoms with Crippen molar-refractivity contribution in [1.82, 2.24) is 39.7 Å². The molecule has 1 saturated heterocycles. The van der Waals surface area contributed by atoms with E-state index >= 15 is 0 Å². The first-order valence-electron chi connectivity index (χ1n) is 10.4. The van der Waals surface area contributed by atoms with E-state index in [1.54, 1.807) is 24.0 Å². The van der Waals surface area contributed by atoms with Gasteiger partial charge >= 0.3 is 0 Å². The van der Waals surface area contributed by atoms with E-state index in [0.29, 0.717) is 53.3 Å². The van der Waals surface area contributed by atoms with Crippen LogP contribution in [0, 0.1) is 0 Å². The molecule has 2 unspecified atom stereocenters. The minimum atomic E-state index is -2.58. The van der Waals surface area contributed by atoms with Gasteiger partial charge in [0.25, 0.3) is 6.43 Å². The molecule has 4 aromatic rings. The molecular weight excluding hydrogens is 420 g/mol. The molecule has 2 N–H and O–H groups in total. The highest BCUT2D eigenvalue weighted by Gasteiger charge is 2.30. The number of halogens is 2. The molecule has 5 rings (SSSR count). The van der Waals surface area contributed by atoms with Crippen molar-refractivity contribution >= 4 is 16.7 Å². The third-order valence-corrected chi connectivity index (χ3v) is 5.84. The molecular formula is C20H23F2N9O. The molecule has 0 spiro atoms. The fourth-order valence-corrected chi connectivity index (χ4v) is 4.36. The molecule has 4 aromatic heterocycles. The largest absolute Gasteiger partial charge is 0.393 e. The summed E-state index contributed by atoms with van der Waals surface area (Å²) in [4.78, 5) is 11.2. The number of anilines is 1. The molecule has 2 atom stereocenters. The van der Waals surface area contributed by atoms with Gasteiger partial charge in [0.05, 0.1) is 17.5 Å². The molecule has 12 heteroatoms. The molecule has 0 aliphatic carbocycles. The highest BCUT2D eigenvalue weighted by Crippen LogP contribution is 2.37. The average Bonchev–Trinajstić information content (AvgIpc) is 3.47. The van der Waals surface area contributed by atoms with E-state index in [1.807, 2.05) is 13.0 Å². The highest BCUT2D eigenvalue weighted by molar-refractivity contribution is 5.98. The first-order valence-corrected chi connectivity index (χ1v) is 10.4. The van der Waals surface area contributed by atoms with E-state index < -0.39 is 13.0 Å². The number of pyridine rings is 1. The van der Waals surface area contributed by atoms with Gasteiger partial charge in [0.2, 0.25) is 0 Å². The summed E-state index contributed by atoms with van der Waals surface area (Å²) in [5, 5.41) is 25.6. The van der Waals surface area contributed by atoms with Crippen molar-refractivity contribution in [2.24, 2.45) is 7.05 Å². The SMILES string of the molecule is CC1CC(O)CCN1c1cc(-c2ncnn2C)nc2c(-c3ccn[nH]3)nn(CC(F)F)c12. The Labute approximate surface area is 181 Å². The second-order valence-electron chi connectivity index (χ2n) is 8.04. The fourth-order valence-electron chi connectivity index (χ4n) is 4.36. The molecule has 1 aliphatic rings. The maximum atomic E-state index is 13.5. The van der Waals surface area contributed by atoms with E-state index in [1.165, 1.54) is 11.0 Å². The van der Waals surface area contributed by atoms with Crippen molar-refractivity contribution < 1.29 is 13.9 Å². The quantitative estimate of drug-likeness (QED) is 0.486. The van der Waals surface area contributed by atoms with Gasteiger partial charge in [0, 0.05) is 25.8 Å². The Morgan fingerprint density at radius 1 is 1.34 bits per heavy atom. The number of nitrogens with one attached hydrogen (secondary N) is 1. The minimum Gasteiger partial charge on any atom is -0.393 e. The van der Waals surface area contributed by atoms with Crippen LogP contribution in [-0.2, 0) is 13.6 Å². The number of nitrogens with zero attached hydrogens (tertiary/aromatic N) is 8. The van der Waals surface area contributed by atoms with Gasteiger partial charge in [-0.2, -0.15) is 15.3 Å². The van der Waals surface area contributed by atoms with Crippen LogP contribution in [0.3, 0.4) is 0 Å². The van der Waals surface area contributed by atoms with Gasteiger partial charge in [-0.05, 0) is 31.9 Å². The first kappa shape index (κ1) is 20.5. The molecule has 168 valence electrons. The number of piperidine rings is 1. The van der Waals surface area contributed by atoms with Crippen molar-refractivity contribution in [2.75, 3.05) is 11.4 Å². The summed E-state index contributed by atoms with van der Waals surface area (Å²) in [6.07, 6.45) is 1.22. The Morgan fingerprint density at radius 3 is 2.84 bits per heavy atom. The number of aromatic amines is 1. The third kappa shape index (κ3) is 3.49. The van der Waals surface area contributed by atoms with Crippen LogP contribution >= 0.6 is 0 Å². The molecule has 0 aromatic carbocycles. The van der Waals surface area contributed by atoms with Gasteiger partial charge in [-0.15, -0.1) is 0 Å². The molecule has 0 saturated carbocycles. The normalized spacial score (nSPS) is 19.4. The van der Waals surface area contributed by atoms with Crippen LogP contribution in [0.15, 0.2) is 24.7 Å². The molecule has 10 nitrogen and oxygen atoms in total. The van der Waals surface area contributed by atoms with E-state index in [2.05, 4.69) is 30.3 Å². The number of aromatic nitrogens is 8.